The standard InChI is InChI=1S/C3H3O2S/c4-3-1-5-2-6-3/h1H,2H2. The van der Waals surface area contributed by atoms with E-state index in [0.29, 0.717) is 5.94 Å². The topological polar surface area (TPSA) is 29.1 Å². The third-order valence-corrected chi connectivity index (χ3v) is 1.08. The van der Waals surface area contributed by atoms with Crippen LogP contribution in [0.3, 0.4) is 0 Å². The predicted octanol–water partition coefficient (Wildman–Crippen LogP) is 0.937. The number of rotatable bonds is 0. The summed E-state index contributed by atoms with van der Waals surface area (Å²) in [6, 6.07) is 0. The van der Waals surface area contributed by atoms with Gasteiger partial charge in [0.05, 0.1) is 0 Å². The van der Waals surface area contributed by atoms with Gasteiger partial charge in [-0.1, -0.05) is 0 Å². The van der Waals surface area contributed by atoms with Crippen molar-refractivity contribution in [1.82, 2.24) is 0 Å². The highest BCUT2D eigenvalue weighted by Crippen LogP contribution is 2.18. The molecule has 0 aromatic heterocycles. The quantitative estimate of drug-likeness (QED) is 0.456. The predicted molar refractivity (Wildman–Crippen MR) is 22.3 cm³/mol. The maximum Gasteiger partial charge on any atom is 0.249 e. The lowest BCUT2D eigenvalue weighted by Crippen LogP contribution is -1.64. The second kappa shape index (κ2) is 1.43. The van der Waals surface area contributed by atoms with Crippen molar-refractivity contribution in [2.75, 3.05) is 5.94 Å². The molecule has 0 aliphatic carbocycles. The summed E-state index contributed by atoms with van der Waals surface area (Å²) in [4.78, 5) is 0. The van der Waals surface area contributed by atoms with Crippen LogP contribution in [0.15, 0.2) is 11.4 Å². The highest BCUT2D eigenvalue weighted by Gasteiger charge is 2.02. The van der Waals surface area contributed by atoms with Crippen LogP contribution >= 0.6 is 11.8 Å². The molecule has 0 bridgehead atoms. The smallest absolute Gasteiger partial charge is 0.249 e. The molecule has 0 aromatic rings. The van der Waals surface area contributed by atoms with E-state index in [1.807, 2.05) is 0 Å². The second-order valence-corrected chi connectivity index (χ2v) is 1.79. The van der Waals surface area contributed by atoms with E-state index in [4.69, 9.17) is 0 Å². The molecule has 0 saturated carbocycles. The third kappa shape index (κ3) is 0.597. The number of ether oxygens (including phenoxy) is 1. The van der Waals surface area contributed by atoms with Crippen LogP contribution in [-0.2, 0) is 9.84 Å². The van der Waals surface area contributed by atoms with Gasteiger partial charge in [0.25, 0.3) is 0 Å². The fourth-order valence-electron chi connectivity index (χ4n) is 0.228. The van der Waals surface area contributed by atoms with Crippen molar-refractivity contribution in [2.45, 2.75) is 0 Å². The lowest BCUT2D eigenvalue weighted by molar-refractivity contribution is 0.286. The summed E-state index contributed by atoms with van der Waals surface area (Å²) in [5.74, 6) is 0.499. The molecule has 0 aromatic carbocycles. The highest BCUT2D eigenvalue weighted by atomic mass is 32.2. The van der Waals surface area contributed by atoms with Crippen molar-refractivity contribution in [3.05, 3.63) is 11.4 Å². The van der Waals surface area contributed by atoms with Crippen molar-refractivity contribution in [1.29, 1.82) is 0 Å². The van der Waals surface area contributed by atoms with Gasteiger partial charge in [0, 0.05) is 0 Å². The maximum atomic E-state index is 10.0. The second-order valence-electron chi connectivity index (χ2n) is 0.866. The third-order valence-electron chi connectivity index (χ3n) is 0.449. The Hall–Kier alpha value is -0.310. The van der Waals surface area contributed by atoms with Gasteiger partial charge in [-0.05, 0) is 11.8 Å². The Morgan fingerprint density at radius 1 is 2.00 bits per heavy atom. The molecule has 1 radical (unpaired) electrons. The van der Waals surface area contributed by atoms with E-state index < -0.39 is 0 Å². The highest BCUT2D eigenvalue weighted by molar-refractivity contribution is 8.02. The number of hydrogen-bond acceptors (Lipinski definition) is 2. The van der Waals surface area contributed by atoms with Gasteiger partial charge in [0.1, 0.15) is 12.2 Å². The molecular weight excluding hydrogens is 100 g/mol. The molecule has 0 spiro atoms. The zero-order chi connectivity index (χ0) is 4.41. The molecule has 33 valence electrons. The van der Waals surface area contributed by atoms with E-state index in [9.17, 15) is 5.11 Å². The Morgan fingerprint density at radius 3 is 3.00 bits per heavy atom. The Bertz CT molecular complexity index is 78.9. The molecule has 2 nitrogen and oxygen atoms in total. The molecule has 0 saturated heterocycles. The van der Waals surface area contributed by atoms with Crippen LogP contribution < -0.4 is 0 Å². The van der Waals surface area contributed by atoms with Crippen LogP contribution in [0.5, 0.6) is 0 Å². The monoisotopic (exact) mass is 103 g/mol. The normalized spacial score (nSPS) is 19.7. The van der Waals surface area contributed by atoms with Gasteiger partial charge in [-0.3, -0.25) is 5.11 Å². The minimum atomic E-state index is 0.0231. The molecule has 1 heterocycles. The number of hydrogen-bond donors (Lipinski definition) is 0. The van der Waals surface area contributed by atoms with E-state index in [-0.39, 0.29) is 5.09 Å². The van der Waals surface area contributed by atoms with Crippen LogP contribution in [0, 0.1) is 0 Å². The zero-order valence-corrected chi connectivity index (χ0v) is 3.83. The molecular formula is C3H3O2S. The molecule has 0 amide bonds. The average molecular weight is 103 g/mol. The minimum Gasteiger partial charge on any atom is -0.485 e. The van der Waals surface area contributed by atoms with Crippen molar-refractivity contribution >= 4 is 11.8 Å². The molecule has 0 unspecified atom stereocenters. The lowest BCUT2D eigenvalue weighted by Gasteiger charge is -1.77. The van der Waals surface area contributed by atoms with Crippen LogP contribution in [0.2, 0.25) is 0 Å². The van der Waals surface area contributed by atoms with Crippen LogP contribution in [-0.4, -0.2) is 5.94 Å². The Morgan fingerprint density at radius 2 is 2.83 bits per heavy atom. The molecule has 6 heavy (non-hydrogen) atoms. The maximum absolute atomic E-state index is 10.0. The van der Waals surface area contributed by atoms with Crippen LogP contribution in [0.25, 0.3) is 0 Å². The first-order valence-electron chi connectivity index (χ1n) is 1.51. The van der Waals surface area contributed by atoms with Crippen molar-refractivity contribution in [2.24, 2.45) is 0 Å². The molecule has 0 atom stereocenters. The molecule has 0 N–H and O–H groups in total. The summed E-state index contributed by atoms with van der Waals surface area (Å²) >= 11 is 1.18. The Kier molecular flexibility index (Phi) is 0.919. The fraction of sp³-hybridized carbons (Fsp3) is 0.333. The summed E-state index contributed by atoms with van der Waals surface area (Å²) < 4.78 is 4.55. The summed E-state index contributed by atoms with van der Waals surface area (Å²) in [6.07, 6.45) is 1.23. The average Bonchev–Trinajstić information content (AvgIpc) is 1.86. The van der Waals surface area contributed by atoms with Gasteiger partial charge in [-0.2, -0.15) is 0 Å². The SMILES string of the molecule is [O]C1=COCS1. The van der Waals surface area contributed by atoms with Crippen LogP contribution in [0.4, 0.5) is 0 Å². The Labute approximate surface area is 39.8 Å². The summed E-state index contributed by atoms with van der Waals surface area (Å²) in [7, 11) is 0. The van der Waals surface area contributed by atoms with Gasteiger partial charge in [0.15, 0.2) is 0 Å². The molecule has 1 aliphatic rings. The van der Waals surface area contributed by atoms with E-state index >= 15 is 0 Å². The number of thioether (sulfide) groups is 1. The first-order valence-corrected chi connectivity index (χ1v) is 2.50. The van der Waals surface area contributed by atoms with E-state index in [2.05, 4.69) is 4.74 Å². The minimum absolute atomic E-state index is 0.0231. The van der Waals surface area contributed by atoms with Gasteiger partial charge in [0.2, 0.25) is 5.09 Å². The molecule has 3 heteroatoms. The first-order chi connectivity index (χ1) is 2.89. The van der Waals surface area contributed by atoms with Crippen LogP contribution in [0.1, 0.15) is 0 Å². The summed E-state index contributed by atoms with van der Waals surface area (Å²) in [6.45, 7) is 0. The fourth-order valence-corrected chi connectivity index (χ4v) is 0.616. The molecule has 0 fully saturated rings. The molecule has 1 aliphatic heterocycles. The zero-order valence-electron chi connectivity index (χ0n) is 3.01. The Balaban J connectivity index is 2.45. The van der Waals surface area contributed by atoms with Crippen molar-refractivity contribution in [3.63, 3.8) is 0 Å². The van der Waals surface area contributed by atoms with Gasteiger partial charge < -0.3 is 4.74 Å². The van der Waals surface area contributed by atoms with E-state index in [1.165, 1.54) is 18.0 Å². The van der Waals surface area contributed by atoms with Gasteiger partial charge in [-0.25, -0.2) is 0 Å². The van der Waals surface area contributed by atoms with E-state index in [1.54, 1.807) is 0 Å². The largest absolute Gasteiger partial charge is 0.485 e. The first kappa shape index (κ1) is 3.87. The summed E-state index contributed by atoms with van der Waals surface area (Å²) in [5.41, 5.74) is 0. The van der Waals surface area contributed by atoms with Gasteiger partial charge in [-0.15, -0.1) is 0 Å². The lowest BCUT2D eigenvalue weighted by atomic mass is 11.1. The summed E-state index contributed by atoms with van der Waals surface area (Å²) in [5, 5.41) is 10.0. The van der Waals surface area contributed by atoms with Crippen molar-refractivity contribution < 1.29 is 9.84 Å². The van der Waals surface area contributed by atoms with Crippen molar-refractivity contribution in [3.8, 4) is 0 Å². The van der Waals surface area contributed by atoms with Gasteiger partial charge >= 0.3 is 0 Å². The molecule has 1 rings (SSSR count). The van der Waals surface area contributed by atoms with E-state index in [0.717, 1.165) is 0 Å².